The number of halogens is 2. The van der Waals surface area contributed by atoms with Gasteiger partial charge < -0.3 is 15.6 Å². The Morgan fingerprint density at radius 1 is 1.63 bits per heavy atom. The second-order valence-corrected chi connectivity index (χ2v) is 4.52. The van der Waals surface area contributed by atoms with Crippen LogP contribution in [0.2, 0.25) is 0 Å². The van der Waals surface area contributed by atoms with Crippen LogP contribution in [0.5, 0.6) is 0 Å². The fourth-order valence-electron chi connectivity index (χ4n) is 2.16. The van der Waals surface area contributed by atoms with Gasteiger partial charge in [-0.15, -0.1) is 0 Å². The zero-order valence-electron chi connectivity index (χ0n) is 10.3. The molecule has 1 aromatic rings. The Balaban J connectivity index is 2.36. The number of rotatable bonds is 3. The van der Waals surface area contributed by atoms with E-state index in [4.69, 9.17) is 10.5 Å². The molecule has 8 heteroatoms. The van der Waals surface area contributed by atoms with Crippen molar-refractivity contribution in [3.8, 4) is 0 Å². The molecule has 1 saturated heterocycles. The molecule has 0 radical (unpaired) electrons. The van der Waals surface area contributed by atoms with E-state index in [2.05, 4.69) is 9.97 Å². The summed E-state index contributed by atoms with van der Waals surface area (Å²) in [5, 5.41) is 9.62. The van der Waals surface area contributed by atoms with Gasteiger partial charge in [0.1, 0.15) is 11.9 Å². The van der Waals surface area contributed by atoms with Crippen LogP contribution in [0.1, 0.15) is 31.4 Å². The van der Waals surface area contributed by atoms with Crippen molar-refractivity contribution in [2.75, 3.05) is 5.73 Å². The molecule has 1 aromatic heterocycles. The van der Waals surface area contributed by atoms with E-state index in [-0.39, 0.29) is 11.4 Å². The number of aromatic nitrogens is 2. The lowest BCUT2D eigenvalue weighted by Crippen LogP contribution is -2.37. The third-order valence-electron chi connectivity index (χ3n) is 3.14. The molecule has 1 fully saturated rings. The van der Waals surface area contributed by atoms with Crippen LogP contribution in [0.3, 0.4) is 0 Å². The van der Waals surface area contributed by atoms with Crippen LogP contribution < -0.4 is 11.4 Å². The summed E-state index contributed by atoms with van der Waals surface area (Å²) in [6.07, 6.45) is -2.70. The monoisotopic (exact) mass is 275 g/mol. The van der Waals surface area contributed by atoms with Crippen LogP contribution in [-0.4, -0.2) is 33.2 Å². The van der Waals surface area contributed by atoms with Crippen LogP contribution in [0.4, 0.5) is 14.6 Å². The number of hydrogen-bond acceptors (Lipinski definition) is 5. The molecule has 0 saturated carbocycles. The van der Waals surface area contributed by atoms with Crippen molar-refractivity contribution in [2.45, 2.75) is 44.0 Å². The number of anilines is 1. The number of hydrogen-bond donors (Lipinski definition) is 3. The summed E-state index contributed by atoms with van der Waals surface area (Å²) in [5.74, 6) is -3.71. The molecule has 0 bridgehead atoms. The highest BCUT2D eigenvalue weighted by atomic mass is 19.3. The summed E-state index contributed by atoms with van der Waals surface area (Å²) in [5.41, 5.74) is 4.65. The number of alkyl halides is 2. The van der Waals surface area contributed by atoms with Gasteiger partial charge in [-0.25, -0.2) is 18.6 Å². The second kappa shape index (κ2) is 4.86. The van der Waals surface area contributed by atoms with E-state index in [0.29, 0.717) is 12.8 Å². The molecule has 0 aromatic carbocycles. The molecule has 1 aliphatic heterocycles. The number of aliphatic hydroxyl groups is 1. The zero-order valence-corrected chi connectivity index (χ0v) is 10.3. The number of aromatic amines is 1. The number of nitrogens with one attached hydrogen (secondary N) is 1. The van der Waals surface area contributed by atoms with E-state index in [1.165, 1.54) is 0 Å². The van der Waals surface area contributed by atoms with Gasteiger partial charge in [-0.05, 0) is 6.42 Å². The van der Waals surface area contributed by atoms with Crippen molar-refractivity contribution in [1.29, 1.82) is 0 Å². The molecule has 0 spiro atoms. The van der Waals surface area contributed by atoms with E-state index in [1.54, 1.807) is 6.92 Å². The Hall–Kier alpha value is -1.54. The number of nitrogens with zero attached hydrogens (tertiary/aromatic N) is 1. The lowest BCUT2D eigenvalue weighted by molar-refractivity contribution is -0.113. The number of aliphatic hydroxyl groups excluding tert-OH is 1. The van der Waals surface area contributed by atoms with E-state index in [9.17, 15) is 18.7 Å². The highest BCUT2D eigenvalue weighted by molar-refractivity contribution is 5.40. The number of ether oxygens (including phenoxy) is 1. The van der Waals surface area contributed by atoms with Gasteiger partial charge in [-0.1, -0.05) is 13.3 Å². The Kier molecular flexibility index (Phi) is 3.55. The maximum atomic E-state index is 14.0. The largest absolute Gasteiger partial charge is 0.385 e. The molecule has 0 unspecified atom stereocenters. The highest BCUT2D eigenvalue weighted by Crippen LogP contribution is 2.47. The molecule has 2 heterocycles. The SMILES string of the molecule is CCC[C@@H]1O[C@H](c2cnc(=O)[nH]c2N)C(F)(F)[C@@H]1O. The van der Waals surface area contributed by atoms with Crippen LogP contribution in [0, 0.1) is 0 Å². The number of nitrogens with two attached hydrogens (primary N) is 1. The van der Waals surface area contributed by atoms with Gasteiger partial charge in [0.15, 0.2) is 6.10 Å². The minimum Gasteiger partial charge on any atom is -0.385 e. The van der Waals surface area contributed by atoms with Gasteiger partial charge in [0.25, 0.3) is 0 Å². The molecule has 6 nitrogen and oxygen atoms in total. The molecule has 4 N–H and O–H groups in total. The van der Waals surface area contributed by atoms with Crippen LogP contribution in [0.15, 0.2) is 11.0 Å². The van der Waals surface area contributed by atoms with Crippen molar-refractivity contribution < 1.29 is 18.6 Å². The van der Waals surface area contributed by atoms with Crippen molar-refractivity contribution in [2.24, 2.45) is 0 Å². The Labute approximate surface area is 107 Å². The molecule has 3 atom stereocenters. The minimum atomic E-state index is -3.48. The summed E-state index contributed by atoms with van der Waals surface area (Å²) >= 11 is 0. The molecule has 1 aliphatic rings. The Morgan fingerprint density at radius 3 is 2.89 bits per heavy atom. The fourth-order valence-corrected chi connectivity index (χ4v) is 2.16. The molecule has 0 amide bonds. The van der Waals surface area contributed by atoms with Crippen molar-refractivity contribution in [3.05, 3.63) is 22.2 Å². The summed E-state index contributed by atoms with van der Waals surface area (Å²) in [4.78, 5) is 16.4. The quantitative estimate of drug-likeness (QED) is 0.749. The lowest BCUT2D eigenvalue weighted by atomic mass is 10.0. The molecular weight excluding hydrogens is 260 g/mol. The topological polar surface area (TPSA) is 101 Å². The minimum absolute atomic E-state index is 0.123. The van der Waals surface area contributed by atoms with E-state index in [0.717, 1.165) is 6.20 Å². The molecule has 106 valence electrons. The van der Waals surface area contributed by atoms with Gasteiger partial charge in [0.05, 0.1) is 6.10 Å². The third-order valence-corrected chi connectivity index (χ3v) is 3.14. The Bertz CT molecular complexity index is 520. The maximum absolute atomic E-state index is 14.0. The lowest BCUT2D eigenvalue weighted by Gasteiger charge is -2.20. The van der Waals surface area contributed by atoms with E-state index < -0.39 is 29.9 Å². The first-order valence-electron chi connectivity index (χ1n) is 5.94. The van der Waals surface area contributed by atoms with Crippen LogP contribution in [0.25, 0.3) is 0 Å². The average molecular weight is 275 g/mol. The second-order valence-electron chi connectivity index (χ2n) is 4.52. The molecule has 19 heavy (non-hydrogen) atoms. The van der Waals surface area contributed by atoms with Crippen molar-refractivity contribution >= 4 is 5.82 Å². The van der Waals surface area contributed by atoms with E-state index in [1.807, 2.05) is 0 Å². The maximum Gasteiger partial charge on any atom is 0.346 e. The van der Waals surface area contributed by atoms with Gasteiger partial charge in [0.2, 0.25) is 0 Å². The summed E-state index contributed by atoms with van der Waals surface area (Å²) < 4.78 is 33.2. The van der Waals surface area contributed by atoms with Gasteiger partial charge in [-0.3, -0.25) is 4.98 Å². The zero-order chi connectivity index (χ0) is 14.2. The summed E-state index contributed by atoms with van der Waals surface area (Å²) in [6, 6.07) is 0. The first-order valence-corrected chi connectivity index (χ1v) is 5.94. The predicted molar refractivity (Wildman–Crippen MR) is 62.7 cm³/mol. The van der Waals surface area contributed by atoms with Gasteiger partial charge in [-0.2, -0.15) is 0 Å². The number of nitrogen functional groups attached to an aromatic ring is 1. The van der Waals surface area contributed by atoms with Crippen LogP contribution in [-0.2, 0) is 4.74 Å². The summed E-state index contributed by atoms with van der Waals surface area (Å²) in [7, 11) is 0. The Morgan fingerprint density at radius 2 is 2.32 bits per heavy atom. The van der Waals surface area contributed by atoms with Gasteiger partial charge in [0, 0.05) is 11.8 Å². The average Bonchev–Trinajstić information content (AvgIpc) is 2.54. The highest BCUT2D eigenvalue weighted by Gasteiger charge is 2.59. The third kappa shape index (κ3) is 2.33. The first-order chi connectivity index (χ1) is 8.87. The standard InChI is InChI=1S/C11H15F2N3O3/c1-2-3-6-7(17)11(12,13)8(19-6)5-4-15-10(18)16-9(5)14/h4,6-8,17H,2-3H2,1H3,(H3,14,15,16,18)/t6-,7+,8+/m0/s1. The van der Waals surface area contributed by atoms with Crippen molar-refractivity contribution in [3.63, 3.8) is 0 Å². The molecule has 2 rings (SSSR count). The molecular formula is C11H15F2N3O3. The smallest absolute Gasteiger partial charge is 0.346 e. The fraction of sp³-hybridized carbons (Fsp3) is 0.636. The predicted octanol–water partition coefficient (Wildman–Crippen LogP) is 0.588. The van der Waals surface area contributed by atoms with Crippen LogP contribution >= 0.6 is 0 Å². The van der Waals surface area contributed by atoms with Gasteiger partial charge >= 0.3 is 11.6 Å². The molecule has 0 aliphatic carbocycles. The van der Waals surface area contributed by atoms with E-state index >= 15 is 0 Å². The first kappa shape index (κ1) is 13.9. The number of H-pyrrole nitrogens is 1. The summed E-state index contributed by atoms with van der Waals surface area (Å²) in [6.45, 7) is 1.80. The normalized spacial score (nSPS) is 29.6. The van der Waals surface area contributed by atoms with Crippen molar-refractivity contribution in [1.82, 2.24) is 9.97 Å².